The van der Waals surface area contributed by atoms with Gasteiger partial charge >= 0.3 is 5.97 Å². The molecular formula is C10H14O2. The van der Waals surface area contributed by atoms with Gasteiger partial charge in [-0.1, -0.05) is 5.57 Å². The maximum atomic E-state index is 11.4. The lowest BCUT2D eigenvalue weighted by Gasteiger charge is -2.29. The number of rotatable bonds is 0. The van der Waals surface area contributed by atoms with E-state index in [9.17, 15) is 4.79 Å². The first-order chi connectivity index (χ1) is 5.79. The molecule has 0 N–H and O–H groups in total. The van der Waals surface area contributed by atoms with E-state index in [0.29, 0.717) is 12.5 Å². The second-order valence-electron chi connectivity index (χ2n) is 3.71. The van der Waals surface area contributed by atoms with E-state index in [1.54, 1.807) is 0 Å². The molecule has 1 aliphatic carbocycles. The Morgan fingerprint density at radius 2 is 2.25 bits per heavy atom. The molecule has 0 aromatic carbocycles. The number of esters is 1. The Labute approximate surface area is 72.6 Å². The van der Waals surface area contributed by atoms with Gasteiger partial charge in [-0.2, -0.15) is 0 Å². The van der Waals surface area contributed by atoms with Crippen LogP contribution in [0.3, 0.4) is 0 Å². The van der Waals surface area contributed by atoms with Crippen molar-refractivity contribution in [2.24, 2.45) is 5.92 Å². The fourth-order valence-electron chi connectivity index (χ4n) is 2.24. The quantitative estimate of drug-likeness (QED) is 0.515. The second-order valence-corrected chi connectivity index (χ2v) is 3.71. The van der Waals surface area contributed by atoms with E-state index in [0.717, 1.165) is 18.4 Å². The van der Waals surface area contributed by atoms with E-state index in [1.165, 1.54) is 18.4 Å². The molecule has 0 saturated carbocycles. The standard InChI is InChI=1S/C10H14O2/c1-7-3-2-4-8-5-6-12-10(11)9(7)8/h8H,2-6H2,1H3. The molecular weight excluding hydrogens is 152 g/mol. The molecule has 0 radical (unpaired) electrons. The molecule has 1 fully saturated rings. The molecule has 0 amide bonds. The van der Waals surface area contributed by atoms with Crippen LogP contribution in [0.4, 0.5) is 0 Å². The fourth-order valence-corrected chi connectivity index (χ4v) is 2.24. The van der Waals surface area contributed by atoms with Crippen LogP contribution in [-0.4, -0.2) is 12.6 Å². The second kappa shape index (κ2) is 2.92. The molecule has 0 bridgehead atoms. The van der Waals surface area contributed by atoms with Crippen LogP contribution >= 0.6 is 0 Å². The highest BCUT2D eigenvalue weighted by Crippen LogP contribution is 2.35. The molecule has 12 heavy (non-hydrogen) atoms. The monoisotopic (exact) mass is 166 g/mol. The molecule has 1 aliphatic heterocycles. The third-order valence-electron chi connectivity index (χ3n) is 2.89. The van der Waals surface area contributed by atoms with E-state index in [-0.39, 0.29) is 5.97 Å². The minimum atomic E-state index is -0.0524. The van der Waals surface area contributed by atoms with E-state index in [1.807, 2.05) is 0 Å². The highest BCUT2D eigenvalue weighted by atomic mass is 16.5. The third-order valence-corrected chi connectivity index (χ3v) is 2.89. The molecule has 2 aliphatic rings. The predicted octanol–water partition coefficient (Wildman–Crippen LogP) is 2.05. The smallest absolute Gasteiger partial charge is 0.334 e. The number of cyclic esters (lactones) is 1. The molecule has 2 heteroatoms. The van der Waals surface area contributed by atoms with E-state index >= 15 is 0 Å². The first kappa shape index (κ1) is 7.84. The van der Waals surface area contributed by atoms with E-state index in [2.05, 4.69) is 6.92 Å². The average Bonchev–Trinajstić information content (AvgIpc) is 2.04. The van der Waals surface area contributed by atoms with Crippen LogP contribution in [0.2, 0.25) is 0 Å². The van der Waals surface area contributed by atoms with Crippen LogP contribution < -0.4 is 0 Å². The minimum absolute atomic E-state index is 0.0524. The Morgan fingerprint density at radius 3 is 3.00 bits per heavy atom. The summed E-state index contributed by atoms with van der Waals surface area (Å²) in [5.41, 5.74) is 2.25. The zero-order chi connectivity index (χ0) is 8.55. The van der Waals surface area contributed by atoms with Crippen LogP contribution in [0, 0.1) is 5.92 Å². The van der Waals surface area contributed by atoms with Gasteiger partial charge in [0.1, 0.15) is 0 Å². The molecule has 1 atom stereocenters. The number of carbonyl (C=O) groups excluding carboxylic acids is 1. The Morgan fingerprint density at radius 1 is 1.42 bits per heavy atom. The lowest BCUT2D eigenvalue weighted by molar-refractivity contribution is -0.143. The highest BCUT2D eigenvalue weighted by Gasteiger charge is 2.30. The van der Waals surface area contributed by atoms with Crippen molar-refractivity contribution in [2.75, 3.05) is 6.61 Å². The molecule has 2 nitrogen and oxygen atoms in total. The largest absolute Gasteiger partial charge is 0.462 e. The van der Waals surface area contributed by atoms with Crippen LogP contribution in [0.25, 0.3) is 0 Å². The van der Waals surface area contributed by atoms with Gasteiger partial charge in [-0.25, -0.2) is 4.79 Å². The summed E-state index contributed by atoms with van der Waals surface area (Å²) in [5, 5.41) is 0. The third kappa shape index (κ3) is 1.15. The van der Waals surface area contributed by atoms with Crippen molar-refractivity contribution < 1.29 is 9.53 Å². The molecule has 66 valence electrons. The molecule has 1 unspecified atom stereocenters. The van der Waals surface area contributed by atoms with Gasteiger partial charge in [-0.3, -0.25) is 0 Å². The molecule has 1 heterocycles. The van der Waals surface area contributed by atoms with Gasteiger partial charge in [-0.05, 0) is 38.5 Å². The molecule has 0 spiro atoms. The van der Waals surface area contributed by atoms with Gasteiger partial charge in [0, 0.05) is 5.57 Å². The summed E-state index contributed by atoms with van der Waals surface area (Å²) in [6.07, 6.45) is 4.55. The molecule has 0 aromatic heterocycles. The van der Waals surface area contributed by atoms with E-state index in [4.69, 9.17) is 4.74 Å². The molecule has 1 saturated heterocycles. The molecule has 2 rings (SSSR count). The van der Waals surface area contributed by atoms with E-state index < -0.39 is 0 Å². The fraction of sp³-hybridized carbons (Fsp3) is 0.700. The van der Waals surface area contributed by atoms with Gasteiger partial charge in [0.2, 0.25) is 0 Å². The number of carbonyl (C=O) groups is 1. The van der Waals surface area contributed by atoms with Gasteiger partial charge in [0.05, 0.1) is 6.61 Å². The van der Waals surface area contributed by atoms with Gasteiger partial charge in [0.25, 0.3) is 0 Å². The summed E-state index contributed by atoms with van der Waals surface area (Å²) in [4.78, 5) is 11.4. The Kier molecular flexibility index (Phi) is 1.91. The normalized spacial score (nSPS) is 29.8. The Hall–Kier alpha value is -0.790. The van der Waals surface area contributed by atoms with Crippen molar-refractivity contribution in [1.29, 1.82) is 0 Å². The summed E-state index contributed by atoms with van der Waals surface area (Å²) in [6.45, 7) is 2.69. The van der Waals surface area contributed by atoms with Crippen molar-refractivity contribution in [3.63, 3.8) is 0 Å². The Bertz CT molecular complexity index is 240. The van der Waals surface area contributed by atoms with Crippen LogP contribution in [-0.2, 0) is 9.53 Å². The SMILES string of the molecule is CC1=C2C(=O)OCCC2CCC1. The summed E-state index contributed by atoms with van der Waals surface area (Å²) in [7, 11) is 0. The average molecular weight is 166 g/mol. The minimum Gasteiger partial charge on any atom is -0.462 e. The lowest BCUT2D eigenvalue weighted by Crippen LogP contribution is -2.27. The zero-order valence-corrected chi connectivity index (χ0v) is 7.43. The van der Waals surface area contributed by atoms with Crippen molar-refractivity contribution >= 4 is 5.97 Å². The highest BCUT2D eigenvalue weighted by molar-refractivity contribution is 5.90. The topological polar surface area (TPSA) is 26.3 Å². The van der Waals surface area contributed by atoms with Crippen molar-refractivity contribution in [2.45, 2.75) is 32.6 Å². The van der Waals surface area contributed by atoms with Crippen molar-refractivity contribution in [3.05, 3.63) is 11.1 Å². The number of ether oxygens (including phenoxy) is 1. The van der Waals surface area contributed by atoms with Gasteiger partial charge < -0.3 is 4.74 Å². The summed E-state index contributed by atoms with van der Waals surface area (Å²) >= 11 is 0. The van der Waals surface area contributed by atoms with Crippen LogP contribution in [0.5, 0.6) is 0 Å². The van der Waals surface area contributed by atoms with Crippen molar-refractivity contribution in [3.8, 4) is 0 Å². The predicted molar refractivity (Wildman–Crippen MR) is 45.6 cm³/mol. The van der Waals surface area contributed by atoms with Gasteiger partial charge in [-0.15, -0.1) is 0 Å². The number of fused-ring (bicyclic) bond motifs is 1. The molecule has 0 aromatic rings. The zero-order valence-electron chi connectivity index (χ0n) is 7.43. The first-order valence-electron chi connectivity index (χ1n) is 4.66. The summed E-state index contributed by atoms with van der Waals surface area (Å²) in [5.74, 6) is 0.462. The van der Waals surface area contributed by atoms with Crippen molar-refractivity contribution in [1.82, 2.24) is 0 Å². The maximum Gasteiger partial charge on any atom is 0.334 e. The number of allylic oxidation sites excluding steroid dienone is 1. The van der Waals surface area contributed by atoms with Crippen LogP contribution in [0.1, 0.15) is 32.6 Å². The summed E-state index contributed by atoms with van der Waals surface area (Å²) < 4.78 is 5.02. The van der Waals surface area contributed by atoms with Gasteiger partial charge in [0.15, 0.2) is 0 Å². The number of hydrogen-bond donors (Lipinski definition) is 0. The van der Waals surface area contributed by atoms with Crippen LogP contribution in [0.15, 0.2) is 11.1 Å². The summed E-state index contributed by atoms with van der Waals surface area (Å²) in [6, 6.07) is 0. The first-order valence-corrected chi connectivity index (χ1v) is 4.66. The maximum absolute atomic E-state index is 11.4. The Balaban J connectivity index is 2.32. The number of hydrogen-bond acceptors (Lipinski definition) is 2. The lowest BCUT2D eigenvalue weighted by atomic mass is 9.80.